The highest BCUT2D eigenvalue weighted by atomic mass is 32.1. The molecular weight excluding hydrogens is 480 g/mol. The van der Waals surface area contributed by atoms with E-state index in [4.69, 9.17) is 25.6 Å². The van der Waals surface area contributed by atoms with Gasteiger partial charge in [0.25, 0.3) is 5.56 Å². The van der Waals surface area contributed by atoms with Crippen molar-refractivity contribution in [2.24, 2.45) is 0 Å². The SMILES string of the molecule is C#CCOCC(O)CN(CCN1CCOCC1)Cc1nc2scc(-c3cccc(OC)c3)c2c(=O)[nH]1. The van der Waals surface area contributed by atoms with E-state index < -0.39 is 6.10 Å². The number of hydrogen-bond donors (Lipinski definition) is 2. The summed E-state index contributed by atoms with van der Waals surface area (Å²) in [7, 11) is 1.62. The van der Waals surface area contributed by atoms with Gasteiger partial charge in [-0.1, -0.05) is 18.1 Å². The van der Waals surface area contributed by atoms with Gasteiger partial charge in [-0.3, -0.25) is 14.6 Å². The monoisotopic (exact) mass is 512 g/mol. The number of nitrogens with zero attached hydrogens (tertiary/aromatic N) is 3. The zero-order valence-electron chi connectivity index (χ0n) is 20.4. The minimum absolute atomic E-state index is 0.149. The number of hydrogen-bond acceptors (Lipinski definition) is 9. The van der Waals surface area contributed by atoms with Crippen molar-refractivity contribution in [2.45, 2.75) is 12.6 Å². The number of aromatic amines is 1. The molecule has 2 aromatic heterocycles. The van der Waals surface area contributed by atoms with Gasteiger partial charge in [0, 0.05) is 43.7 Å². The number of aromatic nitrogens is 2. The number of thiophene rings is 1. The van der Waals surface area contributed by atoms with E-state index in [2.05, 4.69) is 20.7 Å². The van der Waals surface area contributed by atoms with Gasteiger partial charge in [0.05, 0.1) is 45.0 Å². The molecule has 0 saturated carbocycles. The molecule has 3 aromatic rings. The molecule has 0 aliphatic carbocycles. The van der Waals surface area contributed by atoms with Crippen LogP contribution in [0, 0.1) is 12.3 Å². The number of morpholine rings is 1. The van der Waals surface area contributed by atoms with Crippen LogP contribution in [0.2, 0.25) is 0 Å². The predicted octanol–water partition coefficient (Wildman–Crippen LogP) is 1.81. The third-order valence-corrected chi connectivity index (χ3v) is 6.92. The lowest BCUT2D eigenvalue weighted by atomic mass is 10.1. The normalized spacial score (nSPS) is 15.3. The maximum absolute atomic E-state index is 13.1. The second kappa shape index (κ2) is 13.0. The molecule has 1 saturated heterocycles. The summed E-state index contributed by atoms with van der Waals surface area (Å²) in [6.07, 6.45) is 4.52. The van der Waals surface area contributed by atoms with Crippen LogP contribution in [-0.2, 0) is 16.0 Å². The molecule has 1 aromatic carbocycles. The van der Waals surface area contributed by atoms with Crippen LogP contribution < -0.4 is 10.3 Å². The van der Waals surface area contributed by atoms with Crippen molar-refractivity contribution in [3.63, 3.8) is 0 Å². The van der Waals surface area contributed by atoms with Crippen molar-refractivity contribution < 1.29 is 19.3 Å². The lowest BCUT2D eigenvalue weighted by Gasteiger charge is -2.30. The van der Waals surface area contributed by atoms with E-state index in [-0.39, 0.29) is 18.8 Å². The highest BCUT2D eigenvalue weighted by Gasteiger charge is 2.19. The zero-order valence-corrected chi connectivity index (χ0v) is 21.3. The highest BCUT2D eigenvalue weighted by Crippen LogP contribution is 2.32. The molecule has 2 N–H and O–H groups in total. The van der Waals surface area contributed by atoms with Crippen molar-refractivity contribution in [2.75, 3.05) is 66.3 Å². The van der Waals surface area contributed by atoms with Crippen molar-refractivity contribution in [3.8, 4) is 29.2 Å². The molecule has 36 heavy (non-hydrogen) atoms. The number of terminal acetylenes is 1. The molecule has 0 radical (unpaired) electrons. The summed E-state index contributed by atoms with van der Waals surface area (Å²) < 4.78 is 16.1. The van der Waals surface area contributed by atoms with Crippen LogP contribution in [0.5, 0.6) is 5.75 Å². The molecular formula is C26H32N4O5S. The second-order valence-electron chi connectivity index (χ2n) is 8.64. The van der Waals surface area contributed by atoms with Crippen LogP contribution in [0.15, 0.2) is 34.4 Å². The third-order valence-electron chi connectivity index (χ3n) is 6.05. The van der Waals surface area contributed by atoms with E-state index in [0.29, 0.717) is 35.7 Å². The first-order valence-corrected chi connectivity index (χ1v) is 12.8. The van der Waals surface area contributed by atoms with Gasteiger partial charge >= 0.3 is 0 Å². The number of fused-ring (bicyclic) bond motifs is 1. The fourth-order valence-electron chi connectivity index (χ4n) is 4.23. The van der Waals surface area contributed by atoms with E-state index in [0.717, 1.165) is 49.7 Å². The maximum Gasteiger partial charge on any atom is 0.260 e. The van der Waals surface area contributed by atoms with E-state index in [1.807, 2.05) is 29.6 Å². The van der Waals surface area contributed by atoms with Gasteiger partial charge in [-0.2, -0.15) is 0 Å². The average molecular weight is 513 g/mol. The maximum atomic E-state index is 13.1. The summed E-state index contributed by atoms with van der Waals surface area (Å²) in [4.78, 5) is 26.0. The molecule has 192 valence electrons. The topological polar surface area (TPSA) is 100 Å². The number of methoxy groups -OCH3 is 1. The van der Waals surface area contributed by atoms with Crippen molar-refractivity contribution in [1.82, 2.24) is 19.8 Å². The Hall–Kier alpha value is -2.78. The summed E-state index contributed by atoms with van der Waals surface area (Å²) in [5.74, 6) is 3.70. The molecule has 1 aliphatic rings. The van der Waals surface area contributed by atoms with Gasteiger partial charge in [-0.25, -0.2) is 4.98 Å². The lowest BCUT2D eigenvalue weighted by molar-refractivity contribution is 0.0132. The molecule has 10 heteroatoms. The van der Waals surface area contributed by atoms with E-state index >= 15 is 0 Å². The smallest absolute Gasteiger partial charge is 0.260 e. The van der Waals surface area contributed by atoms with Crippen molar-refractivity contribution in [1.29, 1.82) is 0 Å². The van der Waals surface area contributed by atoms with Crippen molar-refractivity contribution >= 4 is 21.6 Å². The molecule has 1 fully saturated rings. The average Bonchev–Trinajstić information content (AvgIpc) is 3.33. The molecule has 3 heterocycles. The Kier molecular flexibility index (Phi) is 9.47. The molecule has 0 spiro atoms. The first kappa shape index (κ1) is 26.3. The van der Waals surface area contributed by atoms with Gasteiger partial charge in [0.15, 0.2) is 0 Å². The third kappa shape index (κ3) is 6.91. The first-order chi connectivity index (χ1) is 17.6. The summed E-state index contributed by atoms with van der Waals surface area (Å²) >= 11 is 1.44. The van der Waals surface area contributed by atoms with Gasteiger partial charge in [-0.15, -0.1) is 17.8 Å². The van der Waals surface area contributed by atoms with Gasteiger partial charge in [0.2, 0.25) is 0 Å². The van der Waals surface area contributed by atoms with E-state index in [1.165, 1.54) is 11.3 Å². The van der Waals surface area contributed by atoms with Gasteiger partial charge < -0.3 is 24.3 Å². The number of rotatable bonds is 12. The first-order valence-electron chi connectivity index (χ1n) is 11.9. The number of ether oxygens (including phenoxy) is 3. The highest BCUT2D eigenvalue weighted by molar-refractivity contribution is 7.17. The van der Waals surface area contributed by atoms with Crippen LogP contribution in [0.25, 0.3) is 21.3 Å². The van der Waals surface area contributed by atoms with Crippen molar-refractivity contribution in [3.05, 3.63) is 45.8 Å². The molecule has 4 rings (SSSR count). The fourth-order valence-corrected chi connectivity index (χ4v) is 5.20. The Balaban J connectivity index is 1.52. The van der Waals surface area contributed by atoms with Crippen LogP contribution in [0.3, 0.4) is 0 Å². The molecule has 0 bridgehead atoms. The summed E-state index contributed by atoms with van der Waals surface area (Å²) in [6, 6.07) is 7.63. The predicted molar refractivity (Wildman–Crippen MR) is 140 cm³/mol. The molecule has 1 unspecified atom stereocenters. The fraction of sp³-hybridized carbons (Fsp3) is 0.462. The largest absolute Gasteiger partial charge is 0.497 e. The van der Waals surface area contributed by atoms with Crippen LogP contribution in [0.4, 0.5) is 0 Å². The van der Waals surface area contributed by atoms with Gasteiger partial charge in [-0.05, 0) is 17.7 Å². The summed E-state index contributed by atoms with van der Waals surface area (Å²) in [6.45, 7) is 5.81. The second-order valence-corrected chi connectivity index (χ2v) is 9.49. The lowest BCUT2D eigenvalue weighted by Crippen LogP contribution is -2.43. The zero-order chi connectivity index (χ0) is 25.3. The summed E-state index contributed by atoms with van der Waals surface area (Å²) in [5, 5.41) is 13.0. The minimum Gasteiger partial charge on any atom is -0.497 e. The Labute approximate surface area is 214 Å². The standard InChI is InChI=1S/C26H32N4O5S/c1-3-11-35-17-20(31)15-30(8-7-29-9-12-34-13-10-29)16-23-27-25(32)24-22(18-36-26(24)28-23)19-5-4-6-21(14-19)33-2/h1,4-6,14,18,20,31H,7-13,15-17H2,2H3,(H,27,28,32). The number of aliphatic hydroxyl groups is 1. The van der Waals surface area contributed by atoms with E-state index in [9.17, 15) is 9.90 Å². The van der Waals surface area contributed by atoms with Gasteiger partial charge in [0.1, 0.15) is 23.0 Å². The number of aliphatic hydroxyl groups excluding tert-OH is 1. The van der Waals surface area contributed by atoms with E-state index in [1.54, 1.807) is 7.11 Å². The minimum atomic E-state index is -0.708. The quantitative estimate of drug-likeness (QED) is 0.280. The molecule has 0 amide bonds. The Morgan fingerprint density at radius 1 is 1.39 bits per heavy atom. The Bertz CT molecular complexity index is 1230. The number of benzene rings is 1. The van der Waals surface area contributed by atoms with Crippen LogP contribution >= 0.6 is 11.3 Å². The molecule has 1 atom stereocenters. The number of nitrogens with one attached hydrogen (secondary N) is 1. The molecule has 9 nitrogen and oxygen atoms in total. The van der Waals surface area contributed by atoms with Crippen LogP contribution in [0.1, 0.15) is 5.82 Å². The molecule has 1 aliphatic heterocycles. The van der Waals surface area contributed by atoms with Crippen LogP contribution in [-0.4, -0.2) is 97.2 Å². The number of H-pyrrole nitrogens is 1. The summed E-state index contributed by atoms with van der Waals surface area (Å²) in [5.41, 5.74) is 1.56. The Morgan fingerprint density at radius 2 is 2.22 bits per heavy atom. The Morgan fingerprint density at radius 3 is 3.00 bits per heavy atom.